The average molecular weight is 215 g/mol. The zero-order valence-corrected chi connectivity index (χ0v) is 8.37. The number of aromatic amines is 1. The zero-order chi connectivity index (χ0) is 9.97. The number of aromatic nitrogens is 3. The van der Waals surface area contributed by atoms with Crippen molar-refractivity contribution in [2.75, 3.05) is 19.0 Å². The fourth-order valence-corrected chi connectivity index (χ4v) is 1.86. The van der Waals surface area contributed by atoms with Crippen LogP contribution in [0.4, 0.5) is 0 Å². The van der Waals surface area contributed by atoms with Crippen LogP contribution < -0.4 is 0 Å². The molecule has 0 aromatic carbocycles. The molecule has 0 saturated carbocycles. The summed E-state index contributed by atoms with van der Waals surface area (Å²) in [5, 5.41) is 9.78. The van der Waals surface area contributed by atoms with E-state index in [0.717, 1.165) is 19.5 Å². The third-order valence-electron chi connectivity index (χ3n) is 2.43. The van der Waals surface area contributed by atoms with Gasteiger partial charge in [0.1, 0.15) is 0 Å². The van der Waals surface area contributed by atoms with Crippen molar-refractivity contribution in [3.63, 3.8) is 0 Å². The quantitative estimate of drug-likeness (QED) is 0.730. The van der Waals surface area contributed by atoms with Crippen molar-refractivity contribution >= 4 is 17.5 Å². The van der Waals surface area contributed by atoms with Gasteiger partial charge in [-0.15, -0.1) is 11.6 Å². The third kappa shape index (κ3) is 1.72. The van der Waals surface area contributed by atoms with Crippen LogP contribution in [0.1, 0.15) is 16.9 Å². The highest BCUT2D eigenvalue weighted by atomic mass is 35.5. The van der Waals surface area contributed by atoms with Crippen LogP contribution in [0.25, 0.3) is 0 Å². The standard InChI is InChI=1S/C8H11ClN4O/c9-3-6-1-2-13(5-6)8(14)7-4-10-12-11-7/h4,6H,1-3,5H2,(H,10,11,12). The Balaban J connectivity index is 2.00. The van der Waals surface area contributed by atoms with E-state index < -0.39 is 0 Å². The van der Waals surface area contributed by atoms with Gasteiger partial charge in [0.2, 0.25) is 0 Å². The number of hydrogen-bond donors (Lipinski definition) is 1. The van der Waals surface area contributed by atoms with E-state index in [-0.39, 0.29) is 5.91 Å². The number of nitrogens with zero attached hydrogens (tertiary/aromatic N) is 3. The van der Waals surface area contributed by atoms with Crippen molar-refractivity contribution in [3.05, 3.63) is 11.9 Å². The number of halogens is 1. The highest BCUT2D eigenvalue weighted by molar-refractivity contribution is 6.18. The Bertz CT molecular complexity index is 313. The molecular formula is C8H11ClN4O. The fourth-order valence-electron chi connectivity index (χ4n) is 1.61. The third-order valence-corrected chi connectivity index (χ3v) is 2.86. The summed E-state index contributed by atoms with van der Waals surface area (Å²) in [6.07, 6.45) is 2.42. The number of carbonyl (C=O) groups excluding carboxylic acids is 1. The van der Waals surface area contributed by atoms with E-state index in [4.69, 9.17) is 11.6 Å². The Morgan fingerprint density at radius 1 is 1.79 bits per heavy atom. The lowest BCUT2D eigenvalue weighted by Crippen LogP contribution is -2.29. The summed E-state index contributed by atoms with van der Waals surface area (Å²) in [6.45, 7) is 1.50. The molecule has 1 atom stereocenters. The van der Waals surface area contributed by atoms with Gasteiger partial charge in [0, 0.05) is 19.0 Å². The first-order chi connectivity index (χ1) is 6.81. The Morgan fingerprint density at radius 2 is 2.64 bits per heavy atom. The van der Waals surface area contributed by atoms with Gasteiger partial charge in [-0.05, 0) is 12.3 Å². The molecule has 1 amide bonds. The minimum atomic E-state index is -0.0635. The van der Waals surface area contributed by atoms with E-state index in [0.29, 0.717) is 17.5 Å². The first kappa shape index (κ1) is 9.45. The van der Waals surface area contributed by atoms with E-state index in [1.54, 1.807) is 4.90 Å². The van der Waals surface area contributed by atoms with Gasteiger partial charge in [0.15, 0.2) is 5.69 Å². The predicted molar refractivity (Wildman–Crippen MR) is 51.1 cm³/mol. The summed E-state index contributed by atoms with van der Waals surface area (Å²) in [5.74, 6) is 0.974. The van der Waals surface area contributed by atoms with Crippen LogP contribution in [-0.4, -0.2) is 45.2 Å². The fraction of sp³-hybridized carbons (Fsp3) is 0.625. The second-order valence-corrected chi connectivity index (χ2v) is 3.72. The number of likely N-dealkylation sites (tertiary alicyclic amines) is 1. The molecule has 1 unspecified atom stereocenters. The number of amides is 1. The second-order valence-electron chi connectivity index (χ2n) is 3.42. The molecule has 5 nitrogen and oxygen atoms in total. The molecule has 0 bridgehead atoms. The maximum atomic E-state index is 11.7. The molecule has 1 saturated heterocycles. The van der Waals surface area contributed by atoms with Crippen molar-refractivity contribution in [2.45, 2.75) is 6.42 Å². The largest absolute Gasteiger partial charge is 0.337 e. The van der Waals surface area contributed by atoms with E-state index in [1.807, 2.05) is 0 Å². The molecule has 1 N–H and O–H groups in total. The molecule has 1 aliphatic heterocycles. The normalized spacial score (nSPS) is 21.5. The van der Waals surface area contributed by atoms with Crippen molar-refractivity contribution in [3.8, 4) is 0 Å². The Kier molecular flexibility index (Phi) is 2.67. The summed E-state index contributed by atoms with van der Waals surface area (Å²) in [7, 11) is 0. The summed E-state index contributed by atoms with van der Waals surface area (Å²) < 4.78 is 0. The maximum Gasteiger partial charge on any atom is 0.276 e. The van der Waals surface area contributed by atoms with Crippen LogP contribution in [0.3, 0.4) is 0 Å². The number of nitrogens with one attached hydrogen (secondary N) is 1. The molecule has 76 valence electrons. The van der Waals surface area contributed by atoms with E-state index in [2.05, 4.69) is 15.4 Å². The van der Waals surface area contributed by atoms with Gasteiger partial charge in [0.25, 0.3) is 5.91 Å². The van der Waals surface area contributed by atoms with Crippen molar-refractivity contribution in [1.29, 1.82) is 0 Å². The van der Waals surface area contributed by atoms with Crippen LogP contribution in [0.15, 0.2) is 6.20 Å². The monoisotopic (exact) mass is 214 g/mol. The number of carbonyl (C=O) groups is 1. The van der Waals surface area contributed by atoms with E-state index >= 15 is 0 Å². The van der Waals surface area contributed by atoms with Gasteiger partial charge in [-0.3, -0.25) is 4.79 Å². The maximum absolute atomic E-state index is 11.7. The van der Waals surface area contributed by atoms with Crippen LogP contribution in [0.5, 0.6) is 0 Å². The smallest absolute Gasteiger partial charge is 0.276 e. The van der Waals surface area contributed by atoms with E-state index in [1.165, 1.54) is 6.20 Å². The lowest BCUT2D eigenvalue weighted by Gasteiger charge is -2.13. The topological polar surface area (TPSA) is 61.9 Å². The van der Waals surface area contributed by atoms with Gasteiger partial charge < -0.3 is 4.90 Å². The zero-order valence-electron chi connectivity index (χ0n) is 7.61. The molecular weight excluding hydrogens is 204 g/mol. The number of rotatable bonds is 2. The molecule has 2 rings (SSSR count). The van der Waals surface area contributed by atoms with Crippen molar-refractivity contribution in [1.82, 2.24) is 20.3 Å². The molecule has 1 aromatic rings. The molecule has 0 radical (unpaired) electrons. The molecule has 1 aliphatic rings. The molecule has 6 heteroatoms. The number of hydrogen-bond acceptors (Lipinski definition) is 3. The minimum Gasteiger partial charge on any atom is -0.337 e. The van der Waals surface area contributed by atoms with Gasteiger partial charge in [-0.25, -0.2) is 0 Å². The average Bonchev–Trinajstić information content (AvgIpc) is 2.88. The lowest BCUT2D eigenvalue weighted by molar-refractivity contribution is 0.0782. The van der Waals surface area contributed by atoms with Crippen LogP contribution in [0, 0.1) is 5.92 Å². The van der Waals surface area contributed by atoms with Gasteiger partial charge >= 0.3 is 0 Å². The molecule has 0 spiro atoms. The van der Waals surface area contributed by atoms with Crippen LogP contribution in [0.2, 0.25) is 0 Å². The molecule has 2 heterocycles. The first-order valence-electron chi connectivity index (χ1n) is 4.52. The van der Waals surface area contributed by atoms with Crippen molar-refractivity contribution < 1.29 is 4.79 Å². The second kappa shape index (κ2) is 3.96. The Labute approximate surface area is 86.4 Å². The van der Waals surface area contributed by atoms with Crippen LogP contribution in [-0.2, 0) is 0 Å². The first-order valence-corrected chi connectivity index (χ1v) is 5.05. The van der Waals surface area contributed by atoms with Crippen LogP contribution >= 0.6 is 11.6 Å². The summed E-state index contributed by atoms with van der Waals surface area (Å²) in [6, 6.07) is 0. The minimum absolute atomic E-state index is 0.0635. The molecule has 14 heavy (non-hydrogen) atoms. The Hall–Kier alpha value is -1.10. The Morgan fingerprint density at radius 3 is 3.21 bits per heavy atom. The van der Waals surface area contributed by atoms with Gasteiger partial charge in [-0.2, -0.15) is 15.4 Å². The van der Waals surface area contributed by atoms with Gasteiger partial charge in [-0.1, -0.05) is 0 Å². The molecule has 1 aromatic heterocycles. The summed E-state index contributed by atoms with van der Waals surface area (Å²) in [5.41, 5.74) is 0.375. The predicted octanol–water partition coefficient (Wildman–Crippen LogP) is 0.506. The lowest BCUT2D eigenvalue weighted by atomic mass is 10.2. The molecule has 1 fully saturated rings. The van der Waals surface area contributed by atoms with E-state index in [9.17, 15) is 4.79 Å². The highest BCUT2D eigenvalue weighted by Gasteiger charge is 2.27. The molecule has 0 aliphatic carbocycles. The van der Waals surface area contributed by atoms with Crippen molar-refractivity contribution in [2.24, 2.45) is 5.92 Å². The number of H-pyrrole nitrogens is 1. The summed E-state index contributed by atoms with van der Waals surface area (Å²) in [4.78, 5) is 13.5. The highest BCUT2D eigenvalue weighted by Crippen LogP contribution is 2.18. The summed E-state index contributed by atoms with van der Waals surface area (Å²) >= 11 is 5.73. The number of alkyl halides is 1. The SMILES string of the molecule is O=C(c1cn[nH]n1)N1CCC(CCl)C1. The van der Waals surface area contributed by atoms with Gasteiger partial charge in [0.05, 0.1) is 6.20 Å².